The second-order valence-corrected chi connectivity index (χ2v) is 5.75. The third-order valence-corrected chi connectivity index (χ3v) is 3.70. The third-order valence-electron chi connectivity index (χ3n) is 3.05. The van der Waals surface area contributed by atoms with Gasteiger partial charge in [-0.1, -0.05) is 0 Å². The molecule has 6 nitrogen and oxygen atoms in total. The monoisotopic (exact) mass is 356 g/mol. The fraction of sp³-hybridized carbons (Fsp3) is 0.429. The average Bonchev–Trinajstić information content (AvgIpc) is 3.24. The lowest BCUT2D eigenvalue weighted by Crippen LogP contribution is -2.31. The maximum absolute atomic E-state index is 11.7. The van der Waals surface area contributed by atoms with E-state index in [-0.39, 0.29) is 11.6 Å². The van der Waals surface area contributed by atoms with Crippen molar-refractivity contribution in [1.82, 2.24) is 5.32 Å². The summed E-state index contributed by atoms with van der Waals surface area (Å²) in [5.74, 6) is -0.304. The van der Waals surface area contributed by atoms with Crippen LogP contribution in [0.5, 0.6) is 0 Å². The number of ether oxygens (including phenoxy) is 1. The van der Waals surface area contributed by atoms with Gasteiger partial charge in [-0.25, -0.2) is 9.59 Å². The van der Waals surface area contributed by atoms with E-state index in [0.29, 0.717) is 29.2 Å². The summed E-state index contributed by atoms with van der Waals surface area (Å²) in [5, 5.41) is 14.2. The van der Waals surface area contributed by atoms with Crippen molar-refractivity contribution in [3.05, 3.63) is 28.2 Å². The molecule has 1 aromatic rings. The first-order valence-electron chi connectivity index (χ1n) is 6.71. The van der Waals surface area contributed by atoms with Gasteiger partial charge in [-0.05, 0) is 52.9 Å². The number of hydrogen-bond acceptors (Lipinski definition) is 3. The van der Waals surface area contributed by atoms with E-state index in [9.17, 15) is 9.59 Å². The Morgan fingerprint density at radius 2 is 2.14 bits per heavy atom. The number of anilines is 1. The molecule has 0 aromatic heterocycles. The molecular formula is C14H17BrN2O4. The minimum absolute atomic E-state index is 0.154. The van der Waals surface area contributed by atoms with E-state index >= 15 is 0 Å². The van der Waals surface area contributed by atoms with Crippen LogP contribution in [0.25, 0.3) is 0 Å². The van der Waals surface area contributed by atoms with Crippen LogP contribution >= 0.6 is 15.9 Å². The maximum Gasteiger partial charge on any atom is 0.335 e. The quantitative estimate of drug-likeness (QED) is 0.655. The van der Waals surface area contributed by atoms with Gasteiger partial charge in [0, 0.05) is 17.6 Å². The predicted molar refractivity (Wildman–Crippen MR) is 81.7 cm³/mol. The number of carboxylic acids is 1. The van der Waals surface area contributed by atoms with Crippen LogP contribution in [0, 0.1) is 5.92 Å². The van der Waals surface area contributed by atoms with Gasteiger partial charge in [0.15, 0.2) is 0 Å². The van der Waals surface area contributed by atoms with Gasteiger partial charge in [-0.15, -0.1) is 0 Å². The number of aromatic carboxylic acids is 1. The zero-order chi connectivity index (χ0) is 15.2. The van der Waals surface area contributed by atoms with Crippen molar-refractivity contribution in [3.8, 4) is 0 Å². The minimum atomic E-state index is -1.01. The number of rotatable bonds is 7. The Morgan fingerprint density at radius 1 is 1.38 bits per heavy atom. The first kappa shape index (κ1) is 15.8. The predicted octanol–water partition coefficient (Wildman–Crippen LogP) is 2.70. The topological polar surface area (TPSA) is 87.7 Å². The van der Waals surface area contributed by atoms with Gasteiger partial charge in [0.1, 0.15) is 0 Å². The number of carbonyl (C=O) groups is 2. The Labute approximate surface area is 131 Å². The molecule has 114 valence electrons. The fourth-order valence-corrected chi connectivity index (χ4v) is 2.17. The second kappa shape index (κ2) is 7.42. The van der Waals surface area contributed by atoms with Crippen LogP contribution in [0.1, 0.15) is 23.2 Å². The van der Waals surface area contributed by atoms with Crippen LogP contribution in [0.2, 0.25) is 0 Å². The largest absolute Gasteiger partial charge is 0.478 e. The molecule has 0 spiro atoms. The minimum Gasteiger partial charge on any atom is -0.478 e. The number of benzene rings is 1. The van der Waals surface area contributed by atoms with Crippen LogP contribution in [0.3, 0.4) is 0 Å². The van der Waals surface area contributed by atoms with Crippen molar-refractivity contribution in [3.63, 3.8) is 0 Å². The van der Waals surface area contributed by atoms with E-state index in [0.717, 1.165) is 6.61 Å². The molecule has 0 radical (unpaired) electrons. The molecule has 1 aliphatic rings. The normalized spacial score (nSPS) is 13.8. The summed E-state index contributed by atoms with van der Waals surface area (Å²) in [6.45, 7) is 1.69. The van der Waals surface area contributed by atoms with Gasteiger partial charge >= 0.3 is 12.0 Å². The van der Waals surface area contributed by atoms with Crippen molar-refractivity contribution >= 4 is 33.6 Å². The van der Waals surface area contributed by atoms with Crippen LogP contribution in [-0.2, 0) is 4.74 Å². The van der Waals surface area contributed by atoms with E-state index in [1.807, 2.05) is 0 Å². The number of carboxylic acid groups (broad SMARTS) is 1. The fourth-order valence-electron chi connectivity index (χ4n) is 1.69. The Kier molecular flexibility index (Phi) is 5.58. The molecule has 1 aromatic carbocycles. The highest BCUT2D eigenvalue weighted by atomic mass is 79.9. The summed E-state index contributed by atoms with van der Waals surface area (Å²) in [6.07, 6.45) is 2.49. The van der Waals surface area contributed by atoms with Crippen LogP contribution in [0.4, 0.5) is 10.5 Å². The molecule has 7 heteroatoms. The molecule has 21 heavy (non-hydrogen) atoms. The number of amides is 2. The Morgan fingerprint density at radius 3 is 2.76 bits per heavy atom. The first-order chi connectivity index (χ1) is 10.1. The highest BCUT2D eigenvalue weighted by Gasteiger charge is 2.20. The van der Waals surface area contributed by atoms with Gasteiger partial charge < -0.3 is 20.5 Å². The molecular weight excluding hydrogens is 340 g/mol. The molecule has 0 heterocycles. The number of hydrogen-bond donors (Lipinski definition) is 3. The molecule has 3 N–H and O–H groups in total. The molecule has 0 saturated heterocycles. The maximum atomic E-state index is 11.7. The van der Waals surface area contributed by atoms with Crippen LogP contribution < -0.4 is 10.6 Å². The zero-order valence-electron chi connectivity index (χ0n) is 11.4. The van der Waals surface area contributed by atoms with Crippen molar-refractivity contribution in [2.75, 3.05) is 25.1 Å². The van der Waals surface area contributed by atoms with E-state index in [1.165, 1.54) is 31.0 Å². The summed E-state index contributed by atoms with van der Waals surface area (Å²) in [6, 6.07) is 4.06. The molecule has 0 bridgehead atoms. The lowest BCUT2D eigenvalue weighted by molar-refractivity contribution is 0.0697. The van der Waals surface area contributed by atoms with Crippen molar-refractivity contribution in [2.24, 2.45) is 5.92 Å². The Balaban J connectivity index is 1.72. The third kappa shape index (κ3) is 5.35. The van der Waals surface area contributed by atoms with E-state index in [2.05, 4.69) is 26.6 Å². The van der Waals surface area contributed by atoms with E-state index in [4.69, 9.17) is 9.84 Å². The number of urea groups is 1. The molecule has 0 aliphatic heterocycles. The average molecular weight is 357 g/mol. The van der Waals surface area contributed by atoms with Gasteiger partial charge in [-0.2, -0.15) is 0 Å². The first-order valence-corrected chi connectivity index (χ1v) is 7.51. The van der Waals surface area contributed by atoms with Crippen molar-refractivity contribution in [2.45, 2.75) is 12.8 Å². The molecule has 0 atom stereocenters. The molecule has 1 saturated carbocycles. The molecule has 1 fully saturated rings. The number of carbonyl (C=O) groups excluding carboxylic acids is 1. The van der Waals surface area contributed by atoms with Crippen LogP contribution in [-0.4, -0.2) is 36.9 Å². The van der Waals surface area contributed by atoms with Crippen molar-refractivity contribution < 1.29 is 19.4 Å². The molecule has 0 unspecified atom stereocenters. The second-order valence-electron chi connectivity index (χ2n) is 4.90. The lowest BCUT2D eigenvalue weighted by atomic mass is 10.2. The Bertz CT molecular complexity index is 532. The van der Waals surface area contributed by atoms with Gasteiger partial charge in [0.2, 0.25) is 0 Å². The molecule has 2 amide bonds. The standard InChI is InChI=1S/C14H17BrN2O4/c15-11-7-10(13(18)19)3-4-12(11)17-14(20)16-5-6-21-8-9-1-2-9/h3-4,7,9H,1-2,5-6,8H2,(H,18,19)(H2,16,17,20). The highest BCUT2D eigenvalue weighted by Crippen LogP contribution is 2.28. The summed E-state index contributed by atoms with van der Waals surface area (Å²) in [5.41, 5.74) is 0.665. The lowest BCUT2D eigenvalue weighted by Gasteiger charge is -2.10. The van der Waals surface area contributed by atoms with E-state index in [1.54, 1.807) is 0 Å². The Hall–Kier alpha value is -1.60. The molecule has 2 rings (SSSR count). The van der Waals surface area contributed by atoms with E-state index < -0.39 is 5.97 Å². The van der Waals surface area contributed by atoms with Gasteiger partial charge in [0.25, 0.3) is 0 Å². The van der Waals surface area contributed by atoms with Gasteiger partial charge in [-0.3, -0.25) is 0 Å². The smallest absolute Gasteiger partial charge is 0.335 e. The zero-order valence-corrected chi connectivity index (χ0v) is 13.0. The summed E-state index contributed by atoms with van der Waals surface area (Å²) in [4.78, 5) is 22.5. The van der Waals surface area contributed by atoms with Crippen molar-refractivity contribution in [1.29, 1.82) is 0 Å². The highest BCUT2D eigenvalue weighted by molar-refractivity contribution is 9.10. The summed E-state index contributed by atoms with van der Waals surface area (Å²) >= 11 is 3.23. The van der Waals surface area contributed by atoms with Crippen LogP contribution in [0.15, 0.2) is 22.7 Å². The SMILES string of the molecule is O=C(NCCOCC1CC1)Nc1ccc(C(=O)O)cc1Br. The molecule has 1 aliphatic carbocycles. The summed E-state index contributed by atoms with van der Waals surface area (Å²) in [7, 11) is 0. The number of nitrogens with one attached hydrogen (secondary N) is 2. The number of halogens is 1. The van der Waals surface area contributed by atoms with Gasteiger partial charge in [0.05, 0.1) is 17.9 Å². The summed E-state index contributed by atoms with van der Waals surface area (Å²) < 4.78 is 5.92.